The number of aryl methyl sites for hydroxylation is 1. The van der Waals surface area contributed by atoms with Crippen LogP contribution in [-0.2, 0) is 4.74 Å². The first-order chi connectivity index (χ1) is 13.4. The number of aromatic nitrogens is 1. The number of anilines is 1. The Hall–Kier alpha value is -2.49. The molecule has 0 saturated carbocycles. The molecule has 1 unspecified atom stereocenters. The molecule has 1 atom stereocenters. The summed E-state index contributed by atoms with van der Waals surface area (Å²) in [7, 11) is 0. The zero-order valence-corrected chi connectivity index (χ0v) is 16.5. The minimum atomic E-state index is -0.676. The van der Waals surface area contributed by atoms with Crippen LogP contribution in [0.3, 0.4) is 0 Å². The molecular formula is C18H16ClN3O5S. The number of hydrogen-bond donors (Lipinski definition) is 0. The van der Waals surface area contributed by atoms with Gasteiger partial charge in [-0.2, -0.15) is 0 Å². The van der Waals surface area contributed by atoms with E-state index in [0.717, 1.165) is 28.6 Å². The molecule has 1 fully saturated rings. The predicted molar refractivity (Wildman–Crippen MR) is 105 cm³/mol. The zero-order valence-electron chi connectivity index (χ0n) is 14.9. The molecule has 1 aromatic carbocycles. The van der Waals surface area contributed by atoms with Crippen molar-refractivity contribution < 1.29 is 18.9 Å². The summed E-state index contributed by atoms with van der Waals surface area (Å²) in [4.78, 5) is 29.4. The molecule has 0 bridgehead atoms. The van der Waals surface area contributed by atoms with Gasteiger partial charge in [0, 0.05) is 11.6 Å². The van der Waals surface area contributed by atoms with Crippen molar-refractivity contribution in [1.82, 2.24) is 4.98 Å². The molecule has 10 heteroatoms. The number of fused-ring (bicyclic) bond motifs is 1. The van der Waals surface area contributed by atoms with E-state index in [0.29, 0.717) is 23.3 Å². The van der Waals surface area contributed by atoms with Crippen LogP contribution >= 0.6 is 22.9 Å². The number of carbonyl (C=O) groups excluding carboxylic acids is 1. The number of carbonyl (C=O) groups is 1. The number of rotatable bonds is 5. The maximum absolute atomic E-state index is 13.1. The highest BCUT2D eigenvalue weighted by atomic mass is 35.5. The molecule has 2 aromatic heterocycles. The largest absolute Gasteiger partial charge is 0.433 e. The molecule has 1 amide bonds. The molecule has 1 saturated heterocycles. The van der Waals surface area contributed by atoms with Crippen molar-refractivity contribution in [3.63, 3.8) is 0 Å². The Morgan fingerprint density at radius 2 is 2.25 bits per heavy atom. The van der Waals surface area contributed by atoms with Gasteiger partial charge in [-0.05, 0) is 43.5 Å². The Morgan fingerprint density at radius 3 is 2.93 bits per heavy atom. The summed E-state index contributed by atoms with van der Waals surface area (Å²) in [6.45, 7) is 2.81. The third kappa shape index (κ3) is 3.48. The monoisotopic (exact) mass is 421 g/mol. The number of hydrogen-bond acceptors (Lipinski definition) is 7. The molecular weight excluding hydrogens is 406 g/mol. The fourth-order valence-corrected chi connectivity index (χ4v) is 4.30. The van der Waals surface area contributed by atoms with Crippen LogP contribution in [0.15, 0.2) is 28.7 Å². The molecule has 3 heterocycles. The van der Waals surface area contributed by atoms with Crippen molar-refractivity contribution in [1.29, 1.82) is 0 Å². The van der Waals surface area contributed by atoms with Crippen LogP contribution in [-0.4, -0.2) is 35.1 Å². The van der Waals surface area contributed by atoms with Gasteiger partial charge >= 0.3 is 5.88 Å². The number of nitrogens with zero attached hydrogens (tertiary/aromatic N) is 3. The Bertz CT molecular complexity index is 1060. The van der Waals surface area contributed by atoms with Crippen molar-refractivity contribution in [3.8, 4) is 0 Å². The van der Waals surface area contributed by atoms with Gasteiger partial charge in [0.1, 0.15) is 4.92 Å². The molecule has 0 N–H and O–H groups in total. The number of amides is 1. The number of ether oxygens (including phenoxy) is 1. The number of furan rings is 1. The first kappa shape index (κ1) is 18.9. The van der Waals surface area contributed by atoms with E-state index in [9.17, 15) is 14.9 Å². The second kappa shape index (κ2) is 7.50. The summed E-state index contributed by atoms with van der Waals surface area (Å²) in [5, 5.41) is 12.0. The third-order valence-corrected chi connectivity index (χ3v) is 6.06. The van der Waals surface area contributed by atoms with Gasteiger partial charge in [0.05, 0.1) is 28.9 Å². The quantitative estimate of drug-likeness (QED) is 0.441. The molecule has 0 spiro atoms. The number of halogens is 1. The molecule has 146 valence electrons. The highest BCUT2D eigenvalue weighted by Crippen LogP contribution is 2.35. The molecule has 4 rings (SSSR count). The average Bonchev–Trinajstić information content (AvgIpc) is 3.42. The third-order valence-electron chi connectivity index (χ3n) is 4.61. The number of benzene rings is 1. The highest BCUT2D eigenvalue weighted by molar-refractivity contribution is 7.22. The Labute approximate surface area is 168 Å². The van der Waals surface area contributed by atoms with E-state index in [1.165, 1.54) is 28.4 Å². The van der Waals surface area contributed by atoms with Crippen LogP contribution in [0, 0.1) is 17.0 Å². The van der Waals surface area contributed by atoms with Gasteiger partial charge in [-0.15, -0.1) is 0 Å². The van der Waals surface area contributed by atoms with Crippen molar-refractivity contribution in [3.05, 3.63) is 50.7 Å². The van der Waals surface area contributed by atoms with Gasteiger partial charge in [-0.3, -0.25) is 19.8 Å². The SMILES string of the molecule is Cc1c(Cl)ccc2sc(N(CC3CCCO3)C(=O)c3ccc([N+](=O)[O-])o3)nc12. The standard InChI is InChI=1S/C18H16ClN3O5S/c1-10-12(19)4-6-14-16(10)20-18(28-14)21(9-11-3-2-8-26-11)17(23)13-5-7-15(27-13)22(24)25/h4-7,11H,2-3,8-9H2,1H3. The summed E-state index contributed by atoms with van der Waals surface area (Å²) in [6.07, 6.45) is 1.64. The molecule has 0 aliphatic carbocycles. The van der Waals surface area contributed by atoms with Crippen LogP contribution in [0.25, 0.3) is 10.2 Å². The zero-order chi connectivity index (χ0) is 19.8. The number of nitro groups is 1. The van der Waals surface area contributed by atoms with E-state index in [-0.39, 0.29) is 11.9 Å². The lowest BCUT2D eigenvalue weighted by molar-refractivity contribution is -0.402. The maximum Gasteiger partial charge on any atom is 0.433 e. The molecule has 1 aliphatic heterocycles. The van der Waals surface area contributed by atoms with E-state index >= 15 is 0 Å². The lowest BCUT2D eigenvalue weighted by Crippen LogP contribution is -2.37. The van der Waals surface area contributed by atoms with Crippen LogP contribution < -0.4 is 4.90 Å². The van der Waals surface area contributed by atoms with Crippen LogP contribution in [0.4, 0.5) is 11.0 Å². The van der Waals surface area contributed by atoms with Crippen molar-refractivity contribution in [2.24, 2.45) is 0 Å². The minimum Gasteiger partial charge on any atom is -0.395 e. The Morgan fingerprint density at radius 1 is 1.43 bits per heavy atom. The molecule has 1 aliphatic rings. The van der Waals surface area contributed by atoms with E-state index in [1.54, 1.807) is 6.07 Å². The summed E-state index contributed by atoms with van der Waals surface area (Å²) < 4.78 is 11.7. The molecule has 8 nitrogen and oxygen atoms in total. The van der Waals surface area contributed by atoms with Gasteiger partial charge in [0.25, 0.3) is 5.91 Å². The Kier molecular flexibility index (Phi) is 5.05. The molecule has 28 heavy (non-hydrogen) atoms. The fraction of sp³-hybridized carbons (Fsp3) is 0.333. The second-order valence-corrected chi connectivity index (χ2v) is 7.88. The van der Waals surface area contributed by atoms with Crippen molar-refractivity contribution >= 4 is 50.1 Å². The van der Waals surface area contributed by atoms with Gasteiger partial charge in [-0.1, -0.05) is 22.9 Å². The lowest BCUT2D eigenvalue weighted by atomic mass is 10.2. The summed E-state index contributed by atoms with van der Waals surface area (Å²) in [6, 6.07) is 6.12. The topological polar surface area (TPSA) is 98.7 Å². The normalized spacial score (nSPS) is 16.6. The molecule has 0 radical (unpaired) electrons. The number of thiazole rings is 1. The van der Waals surface area contributed by atoms with Gasteiger partial charge in [0.2, 0.25) is 0 Å². The van der Waals surface area contributed by atoms with Crippen molar-refractivity contribution in [2.45, 2.75) is 25.9 Å². The van der Waals surface area contributed by atoms with Crippen molar-refractivity contribution in [2.75, 3.05) is 18.1 Å². The second-order valence-electron chi connectivity index (χ2n) is 6.46. The lowest BCUT2D eigenvalue weighted by Gasteiger charge is -2.21. The van der Waals surface area contributed by atoms with Crippen LogP contribution in [0.2, 0.25) is 5.02 Å². The predicted octanol–water partition coefficient (Wildman–Crippen LogP) is 4.59. The fourth-order valence-electron chi connectivity index (χ4n) is 3.12. The van der Waals surface area contributed by atoms with E-state index < -0.39 is 16.7 Å². The van der Waals surface area contributed by atoms with Gasteiger partial charge in [-0.25, -0.2) is 4.98 Å². The minimum absolute atomic E-state index is 0.112. The first-order valence-corrected chi connectivity index (χ1v) is 9.87. The summed E-state index contributed by atoms with van der Waals surface area (Å²) >= 11 is 7.54. The highest BCUT2D eigenvalue weighted by Gasteiger charge is 2.30. The van der Waals surface area contributed by atoms with E-state index in [2.05, 4.69) is 4.98 Å². The molecule has 3 aromatic rings. The maximum atomic E-state index is 13.1. The van der Waals surface area contributed by atoms with Gasteiger partial charge in [0.15, 0.2) is 10.9 Å². The van der Waals surface area contributed by atoms with Crippen LogP contribution in [0.5, 0.6) is 0 Å². The van der Waals surface area contributed by atoms with Gasteiger partial charge < -0.3 is 9.15 Å². The summed E-state index contributed by atoms with van der Waals surface area (Å²) in [5.41, 5.74) is 1.56. The van der Waals surface area contributed by atoms with E-state index in [4.69, 9.17) is 20.8 Å². The van der Waals surface area contributed by atoms with Crippen LogP contribution in [0.1, 0.15) is 29.0 Å². The smallest absolute Gasteiger partial charge is 0.395 e. The van der Waals surface area contributed by atoms with E-state index in [1.807, 2.05) is 13.0 Å². The summed E-state index contributed by atoms with van der Waals surface area (Å²) in [5.74, 6) is -1.09. The first-order valence-electron chi connectivity index (χ1n) is 8.67. The average molecular weight is 422 g/mol. The Balaban J connectivity index is 1.73.